The van der Waals surface area contributed by atoms with Crippen LogP contribution in [-0.2, 0) is 0 Å². The molecule has 0 unspecified atom stereocenters. The molecule has 0 aromatic carbocycles. The fourth-order valence-corrected chi connectivity index (χ4v) is 3.19. The van der Waals surface area contributed by atoms with Gasteiger partial charge in [0.1, 0.15) is 0 Å². The number of hydrogen-bond acceptors (Lipinski definition) is 3. The number of unbranched alkanes of at least 4 members (excludes halogenated alkanes) is 9. The number of β-amino-alcohol motifs (C(OH)–C–C–N with tert-alkyl or cyclic N) is 1. The fraction of sp³-hybridized carbons (Fsp3) is 0.850. The minimum Gasteiger partial charge on any atom is -0.395 e. The fourth-order valence-electron chi connectivity index (χ4n) is 3.19. The average molecular weight is 323 g/mol. The van der Waals surface area contributed by atoms with Gasteiger partial charge in [0, 0.05) is 19.5 Å². The zero-order chi connectivity index (χ0) is 16.6. The molecule has 1 aliphatic heterocycles. The number of hydrogen-bond donors (Lipinski definition) is 1. The molecule has 0 spiro atoms. The average Bonchev–Trinajstić information content (AvgIpc) is 2.99. The van der Waals surface area contributed by atoms with Crippen molar-refractivity contribution in [3.63, 3.8) is 0 Å². The Balaban J connectivity index is 1.82. The van der Waals surface area contributed by atoms with Gasteiger partial charge in [-0.1, -0.05) is 64.0 Å². The number of allylic oxidation sites excluding steroid dienone is 2. The van der Waals surface area contributed by atoms with Gasteiger partial charge in [0.25, 0.3) is 0 Å². The summed E-state index contributed by atoms with van der Waals surface area (Å²) < 4.78 is 0. The van der Waals surface area contributed by atoms with E-state index < -0.39 is 0 Å². The van der Waals surface area contributed by atoms with E-state index >= 15 is 0 Å². The lowest BCUT2D eigenvalue weighted by Gasteiger charge is -2.18. The molecule has 0 radical (unpaired) electrons. The molecular formula is C20H38N2O. The number of nitrogens with zero attached hydrogens (tertiary/aromatic N) is 2. The molecule has 0 atom stereocenters. The molecule has 1 N–H and O–H groups in total. The molecule has 1 heterocycles. The predicted octanol–water partition coefficient (Wildman–Crippen LogP) is 4.95. The minimum atomic E-state index is 0.244. The molecule has 0 saturated carbocycles. The van der Waals surface area contributed by atoms with Crippen molar-refractivity contribution in [3.8, 4) is 0 Å². The molecule has 1 aliphatic rings. The number of aliphatic hydroxyl groups excluding tert-OH is 1. The normalized spacial score (nSPS) is 14.9. The van der Waals surface area contributed by atoms with Crippen LogP contribution in [0.15, 0.2) is 17.1 Å². The number of amidine groups is 1. The lowest BCUT2D eigenvalue weighted by Crippen LogP contribution is -2.30. The summed E-state index contributed by atoms with van der Waals surface area (Å²) in [5.74, 6) is 1.23. The third kappa shape index (κ3) is 10.5. The molecular weight excluding hydrogens is 284 g/mol. The van der Waals surface area contributed by atoms with Crippen molar-refractivity contribution in [1.29, 1.82) is 0 Å². The number of aliphatic hydroxyl groups is 1. The summed E-state index contributed by atoms with van der Waals surface area (Å²) in [7, 11) is 0. The first-order valence-corrected chi connectivity index (χ1v) is 9.92. The van der Waals surface area contributed by atoms with Gasteiger partial charge in [-0.25, -0.2) is 0 Å². The predicted molar refractivity (Wildman–Crippen MR) is 101 cm³/mol. The van der Waals surface area contributed by atoms with E-state index in [0.717, 1.165) is 26.1 Å². The largest absolute Gasteiger partial charge is 0.395 e. The van der Waals surface area contributed by atoms with Crippen LogP contribution in [0, 0.1) is 0 Å². The zero-order valence-corrected chi connectivity index (χ0v) is 15.3. The highest BCUT2D eigenvalue weighted by Gasteiger charge is 2.14. The lowest BCUT2D eigenvalue weighted by atomic mass is 10.1. The van der Waals surface area contributed by atoms with E-state index in [9.17, 15) is 0 Å². The second-order valence-corrected chi connectivity index (χ2v) is 6.61. The Morgan fingerprint density at radius 2 is 1.61 bits per heavy atom. The van der Waals surface area contributed by atoms with Crippen LogP contribution in [0.5, 0.6) is 0 Å². The van der Waals surface area contributed by atoms with Crippen LogP contribution in [0.1, 0.15) is 84.0 Å². The Morgan fingerprint density at radius 1 is 0.957 bits per heavy atom. The molecule has 0 aromatic rings. The second kappa shape index (κ2) is 14.7. The molecule has 0 saturated heterocycles. The van der Waals surface area contributed by atoms with E-state index in [-0.39, 0.29) is 6.61 Å². The van der Waals surface area contributed by atoms with E-state index in [4.69, 9.17) is 5.11 Å². The molecule has 0 aliphatic carbocycles. The van der Waals surface area contributed by atoms with Gasteiger partial charge in [0.2, 0.25) is 0 Å². The maximum absolute atomic E-state index is 9.03. The van der Waals surface area contributed by atoms with Crippen molar-refractivity contribution in [2.24, 2.45) is 4.99 Å². The Kier molecular flexibility index (Phi) is 13.0. The maximum Gasteiger partial charge on any atom is 0.0991 e. The van der Waals surface area contributed by atoms with Gasteiger partial charge in [-0.05, 0) is 25.7 Å². The highest BCUT2D eigenvalue weighted by atomic mass is 16.3. The van der Waals surface area contributed by atoms with Crippen LogP contribution in [0.25, 0.3) is 0 Å². The first kappa shape index (κ1) is 20.2. The maximum atomic E-state index is 9.03. The van der Waals surface area contributed by atoms with Crippen molar-refractivity contribution in [1.82, 2.24) is 4.90 Å². The Labute approximate surface area is 143 Å². The number of rotatable bonds is 15. The van der Waals surface area contributed by atoms with E-state index in [1.165, 1.54) is 76.5 Å². The molecule has 134 valence electrons. The molecule has 0 amide bonds. The molecule has 3 nitrogen and oxygen atoms in total. The van der Waals surface area contributed by atoms with Gasteiger partial charge in [0.15, 0.2) is 0 Å². The van der Waals surface area contributed by atoms with Crippen LogP contribution in [0.2, 0.25) is 0 Å². The summed E-state index contributed by atoms with van der Waals surface area (Å²) in [6.45, 7) is 5.12. The van der Waals surface area contributed by atoms with Crippen LogP contribution in [0.4, 0.5) is 0 Å². The Bertz CT molecular complexity index is 326. The Hall–Kier alpha value is -0.830. The summed E-state index contributed by atoms with van der Waals surface area (Å²) in [4.78, 5) is 6.80. The van der Waals surface area contributed by atoms with Crippen molar-refractivity contribution in [2.75, 3.05) is 26.2 Å². The van der Waals surface area contributed by atoms with Crippen molar-refractivity contribution in [3.05, 3.63) is 12.2 Å². The number of aliphatic imine (C=N–C) groups is 1. The van der Waals surface area contributed by atoms with Crippen molar-refractivity contribution < 1.29 is 5.11 Å². The Morgan fingerprint density at radius 3 is 2.26 bits per heavy atom. The first-order chi connectivity index (χ1) is 11.4. The summed E-state index contributed by atoms with van der Waals surface area (Å²) in [6, 6.07) is 0. The highest BCUT2D eigenvalue weighted by Crippen LogP contribution is 2.13. The van der Waals surface area contributed by atoms with Gasteiger partial charge in [-0.2, -0.15) is 0 Å². The summed E-state index contributed by atoms with van der Waals surface area (Å²) >= 11 is 0. The quantitative estimate of drug-likeness (QED) is 0.342. The van der Waals surface area contributed by atoms with Gasteiger partial charge in [-0.15, -0.1) is 0 Å². The molecule has 0 aromatic heterocycles. The van der Waals surface area contributed by atoms with E-state index in [2.05, 4.69) is 29.0 Å². The minimum absolute atomic E-state index is 0.244. The van der Waals surface area contributed by atoms with Gasteiger partial charge in [-0.3, -0.25) is 4.99 Å². The van der Waals surface area contributed by atoms with E-state index in [0.29, 0.717) is 0 Å². The summed E-state index contributed by atoms with van der Waals surface area (Å²) in [5, 5.41) is 9.03. The van der Waals surface area contributed by atoms with Crippen LogP contribution in [-0.4, -0.2) is 42.1 Å². The van der Waals surface area contributed by atoms with E-state index in [1.807, 2.05) is 0 Å². The highest BCUT2D eigenvalue weighted by molar-refractivity contribution is 5.83. The third-order valence-corrected chi connectivity index (χ3v) is 4.57. The molecule has 3 heteroatoms. The van der Waals surface area contributed by atoms with Gasteiger partial charge in [0.05, 0.1) is 19.0 Å². The molecule has 23 heavy (non-hydrogen) atoms. The van der Waals surface area contributed by atoms with E-state index in [1.54, 1.807) is 0 Å². The smallest absolute Gasteiger partial charge is 0.0991 e. The monoisotopic (exact) mass is 322 g/mol. The molecule has 0 bridgehead atoms. The first-order valence-electron chi connectivity index (χ1n) is 9.92. The van der Waals surface area contributed by atoms with Crippen molar-refractivity contribution in [2.45, 2.75) is 84.0 Å². The van der Waals surface area contributed by atoms with Crippen LogP contribution >= 0.6 is 0 Å². The zero-order valence-electron chi connectivity index (χ0n) is 15.3. The van der Waals surface area contributed by atoms with Crippen molar-refractivity contribution >= 4 is 5.84 Å². The van der Waals surface area contributed by atoms with Gasteiger partial charge >= 0.3 is 0 Å². The third-order valence-electron chi connectivity index (χ3n) is 4.57. The second-order valence-electron chi connectivity index (χ2n) is 6.61. The summed E-state index contributed by atoms with van der Waals surface area (Å²) in [5.41, 5.74) is 0. The SMILES string of the molecule is CC/C=C/CCCCCCCCCCCC1=NCCN1CCO. The standard InChI is InChI=1S/C20H38N2O/c1-2-3-4-5-6-7-8-9-10-11-12-13-14-15-20-21-16-17-22(20)18-19-23/h3-4,23H,2,5-19H2,1H3/b4-3+. The lowest BCUT2D eigenvalue weighted by molar-refractivity contribution is 0.255. The molecule has 1 rings (SSSR count). The topological polar surface area (TPSA) is 35.8 Å². The van der Waals surface area contributed by atoms with Crippen LogP contribution < -0.4 is 0 Å². The molecule has 0 fully saturated rings. The van der Waals surface area contributed by atoms with Crippen LogP contribution in [0.3, 0.4) is 0 Å². The summed E-state index contributed by atoms with van der Waals surface area (Å²) in [6.07, 6.45) is 20.5. The van der Waals surface area contributed by atoms with Gasteiger partial charge < -0.3 is 10.0 Å².